The fraction of sp³-hybridized carbons (Fsp3) is 0.333. The maximum absolute atomic E-state index is 11.9. The summed E-state index contributed by atoms with van der Waals surface area (Å²) in [6, 6.07) is 9.85. The summed E-state index contributed by atoms with van der Waals surface area (Å²) in [5, 5.41) is 14.0. The molecule has 1 aromatic carbocycles. The van der Waals surface area contributed by atoms with Crippen LogP contribution in [0, 0.1) is 0 Å². The highest BCUT2D eigenvalue weighted by atomic mass is 32.2. The number of amides is 1. The second-order valence-electron chi connectivity index (χ2n) is 4.96. The minimum Gasteiger partial charge on any atom is -0.302 e. The van der Waals surface area contributed by atoms with E-state index in [4.69, 9.17) is 15.2 Å². The summed E-state index contributed by atoms with van der Waals surface area (Å²) in [6.45, 7) is 0.466. The van der Waals surface area contributed by atoms with E-state index in [9.17, 15) is 4.79 Å². The van der Waals surface area contributed by atoms with Gasteiger partial charge in [-0.1, -0.05) is 36.8 Å². The third-order valence-electron chi connectivity index (χ3n) is 3.08. The third-order valence-corrected chi connectivity index (χ3v) is 4.26. The summed E-state index contributed by atoms with van der Waals surface area (Å²) in [4.78, 5) is 16.3. The van der Waals surface area contributed by atoms with Crippen LogP contribution in [0.15, 0.2) is 35.7 Å². The van der Waals surface area contributed by atoms with Gasteiger partial charge in [-0.15, -0.1) is 11.3 Å². The summed E-state index contributed by atoms with van der Waals surface area (Å²) in [5.74, 6) is 4.92. The highest BCUT2D eigenvalue weighted by molar-refractivity contribution is 7.92. The molecule has 2 aromatic rings. The van der Waals surface area contributed by atoms with E-state index in [1.807, 2.05) is 35.7 Å². The van der Waals surface area contributed by atoms with E-state index in [2.05, 4.69) is 10.3 Å². The van der Waals surface area contributed by atoms with Crippen molar-refractivity contribution < 1.29 is 14.2 Å². The van der Waals surface area contributed by atoms with Gasteiger partial charge in [0.2, 0.25) is 5.91 Å². The first-order chi connectivity index (χ1) is 11.6. The average Bonchev–Trinajstić information content (AvgIpc) is 3.03. The van der Waals surface area contributed by atoms with Crippen LogP contribution in [0.2, 0.25) is 0 Å². The minimum atomic E-state index is -0.0391. The Balaban J connectivity index is 1.64. The van der Waals surface area contributed by atoms with E-state index in [-0.39, 0.29) is 5.91 Å². The third kappa shape index (κ3) is 6.95. The second kappa shape index (κ2) is 10.4. The Morgan fingerprint density at radius 1 is 1.33 bits per heavy atom. The summed E-state index contributed by atoms with van der Waals surface area (Å²) in [7, 11) is 0. The van der Waals surface area contributed by atoms with Gasteiger partial charge in [-0.2, -0.15) is 0 Å². The number of nitrogens with one attached hydrogen (secondary N) is 1. The number of rotatable bonds is 10. The molecule has 0 atom stereocenters. The van der Waals surface area contributed by atoms with Gasteiger partial charge in [0.15, 0.2) is 5.13 Å². The van der Waals surface area contributed by atoms with Crippen molar-refractivity contribution in [1.29, 1.82) is 0 Å². The summed E-state index contributed by atoms with van der Waals surface area (Å²) < 4.78 is 5.41. The van der Waals surface area contributed by atoms with Crippen LogP contribution in [0.5, 0.6) is 0 Å². The predicted octanol–water partition coefficient (Wildman–Crippen LogP) is 3.45. The van der Waals surface area contributed by atoms with Crippen LogP contribution in [-0.4, -0.2) is 27.3 Å². The first-order valence-corrected chi connectivity index (χ1v) is 9.07. The highest BCUT2D eigenvalue weighted by Gasteiger charge is 2.07. The number of anilines is 1. The molecule has 0 radical (unpaired) electrons. The largest absolute Gasteiger partial charge is 0.302 e. The van der Waals surface area contributed by atoms with Crippen LogP contribution < -0.4 is 11.2 Å². The maximum atomic E-state index is 11.9. The van der Waals surface area contributed by atoms with Crippen LogP contribution in [0.4, 0.5) is 5.13 Å². The van der Waals surface area contributed by atoms with Crippen LogP contribution >= 0.6 is 23.6 Å². The zero-order valence-corrected chi connectivity index (χ0v) is 14.7. The molecule has 130 valence electrons. The number of aromatic nitrogens is 1. The second-order valence-corrected chi connectivity index (χ2v) is 6.58. The number of nitrogens with zero attached hydrogens (tertiary/aromatic N) is 2. The lowest BCUT2D eigenvalue weighted by atomic mass is 10.2. The number of thiazole rings is 1. The Hall–Kier alpha value is -1.49. The van der Waals surface area contributed by atoms with Crippen molar-refractivity contribution in [1.82, 2.24) is 9.56 Å². The van der Waals surface area contributed by atoms with E-state index >= 15 is 0 Å². The quantitative estimate of drug-likeness (QED) is 0.194. The number of hydrazine groups is 1. The summed E-state index contributed by atoms with van der Waals surface area (Å²) >= 11 is 2.10. The van der Waals surface area contributed by atoms with E-state index in [0.717, 1.165) is 30.5 Å². The number of benzene rings is 1. The molecule has 0 unspecified atom stereocenters. The molecule has 0 saturated heterocycles. The number of hydrogen-bond donors (Lipinski definition) is 3. The molecule has 0 aliphatic carbocycles. The molecule has 2 rings (SSSR count). The van der Waals surface area contributed by atoms with Gasteiger partial charge in [0.05, 0.1) is 12.3 Å². The van der Waals surface area contributed by atoms with Crippen molar-refractivity contribution >= 4 is 34.6 Å². The Bertz CT molecular complexity index is 622. The van der Waals surface area contributed by atoms with E-state index < -0.39 is 0 Å². The normalized spacial score (nSPS) is 11.0. The monoisotopic (exact) mass is 368 g/mol. The van der Waals surface area contributed by atoms with Crippen molar-refractivity contribution in [2.75, 3.05) is 11.9 Å². The van der Waals surface area contributed by atoms with Gasteiger partial charge in [-0.3, -0.25) is 14.2 Å². The van der Waals surface area contributed by atoms with Gasteiger partial charge in [-0.25, -0.2) is 10.8 Å². The molecule has 0 spiro atoms. The lowest BCUT2D eigenvalue weighted by Crippen LogP contribution is -2.18. The summed E-state index contributed by atoms with van der Waals surface area (Å²) in [6.07, 6.45) is 2.86. The minimum absolute atomic E-state index is 0.0391. The van der Waals surface area contributed by atoms with Gasteiger partial charge in [0.25, 0.3) is 0 Å². The number of nitrogens with two attached hydrogens (primary N) is 1. The molecule has 1 heterocycles. The Labute approximate surface area is 149 Å². The number of unbranched alkanes of at least 4 members (excludes halogenated alkanes) is 2. The van der Waals surface area contributed by atoms with Crippen molar-refractivity contribution in [3.63, 3.8) is 0 Å². The maximum Gasteiger partial charge on any atom is 0.226 e. The predicted molar refractivity (Wildman–Crippen MR) is 96.0 cm³/mol. The van der Waals surface area contributed by atoms with Crippen LogP contribution in [-0.2, 0) is 8.98 Å². The lowest BCUT2D eigenvalue weighted by Gasteiger charge is -2.05. The zero-order chi connectivity index (χ0) is 17.2. The first kappa shape index (κ1) is 18.8. The van der Waals surface area contributed by atoms with Crippen molar-refractivity contribution in [3.05, 3.63) is 35.7 Å². The van der Waals surface area contributed by atoms with Gasteiger partial charge >= 0.3 is 0 Å². The molecule has 24 heavy (non-hydrogen) atoms. The molecular formula is C15H20N4O3S2. The van der Waals surface area contributed by atoms with E-state index in [1.165, 1.54) is 11.3 Å². The standard InChI is InChI=1S/C15H20N4O3S2/c16-19(21)24-22-10-6-2-5-9-14(20)18-15-17-13(11-23-15)12-7-3-1-4-8-12/h1,3-4,7-8,11,21H,2,5-6,9-10,16H2,(H,17,18,20). The van der Waals surface area contributed by atoms with Crippen LogP contribution in [0.25, 0.3) is 11.3 Å². The van der Waals surface area contributed by atoms with Crippen LogP contribution in [0.3, 0.4) is 0 Å². The smallest absolute Gasteiger partial charge is 0.226 e. The molecule has 0 fully saturated rings. The Morgan fingerprint density at radius 2 is 2.12 bits per heavy atom. The topological polar surface area (TPSA) is 101 Å². The van der Waals surface area contributed by atoms with Gasteiger partial charge in [0.1, 0.15) is 12.2 Å². The van der Waals surface area contributed by atoms with E-state index in [1.54, 1.807) is 0 Å². The van der Waals surface area contributed by atoms with Gasteiger partial charge < -0.3 is 5.32 Å². The molecule has 9 heteroatoms. The fourth-order valence-electron chi connectivity index (χ4n) is 1.97. The summed E-state index contributed by atoms with van der Waals surface area (Å²) in [5.41, 5.74) is 1.90. The Kier molecular flexibility index (Phi) is 8.16. The van der Waals surface area contributed by atoms with Gasteiger partial charge in [-0.05, 0) is 17.4 Å². The van der Waals surface area contributed by atoms with Crippen molar-refractivity contribution in [2.24, 2.45) is 5.84 Å². The molecule has 7 nitrogen and oxygen atoms in total. The van der Waals surface area contributed by atoms with Crippen LogP contribution in [0.1, 0.15) is 25.7 Å². The van der Waals surface area contributed by atoms with Gasteiger partial charge in [0, 0.05) is 17.4 Å². The number of carbonyl (C=O) groups excluding carboxylic acids is 1. The molecule has 0 saturated carbocycles. The number of hydrogen-bond acceptors (Lipinski definition) is 8. The van der Waals surface area contributed by atoms with E-state index in [0.29, 0.717) is 35.0 Å². The Morgan fingerprint density at radius 3 is 2.88 bits per heavy atom. The molecule has 1 aromatic heterocycles. The molecule has 0 aliphatic rings. The number of carbonyl (C=O) groups is 1. The zero-order valence-electron chi connectivity index (χ0n) is 13.1. The highest BCUT2D eigenvalue weighted by Crippen LogP contribution is 2.24. The molecule has 0 bridgehead atoms. The fourth-order valence-corrected chi connectivity index (χ4v) is 3.01. The average molecular weight is 368 g/mol. The van der Waals surface area contributed by atoms with Crippen molar-refractivity contribution in [3.8, 4) is 11.3 Å². The molecular weight excluding hydrogens is 348 g/mol. The lowest BCUT2D eigenvalue weighted by molar-refractivity contribution is -0.116. The molecule has 4 N–H and O–H groups in total. The van der Waals surface area contributed by atoms with Crippen molar-refractivity contribution in [2.45, 2.75) is 25.7 Å². The first-order valence-electron chi connectivity index (χ1n) is 7.49. The SMILES string of the molecule is NN(O)SOCCCCCC(=O)Nc1nc(-c2ccccc2)cs1. The molecule has 1 amide bonds. The molecule has 0 aliphatic heterocycles.